The van der Waals surface area contributed by atoms with Gasteiger partial charge in [0.1, 0.15) is 0 Å². The minimum absolute atomic E-state index is 0.206. The first-order chi connectivity index (χ1) is 15.2. The van der Waals surface area contributed by atoms with Gasteiger partial charge in [-0.25, -0.2) is 18.3 Å². The molecule has 1 aliphatic carbocycles. The second-order valence-electron chi connectivity index (χ2n) is 9.04. The fourth-order valence-electron chi connectivity index (χ4n) is 4.95. The van der Waals surface area contributed by atoms with Crippen LogP contribution in [0, 0.1) is 11.3 Å². The van der Waals surface area contributed by atoms with Crippen molar-refractivity contribution in [1.29, 1.82) is 0 Å². The summed E-state index contributed by atoms with van der Waals surface area (Å²) in [5, 5.41) is 6.59. The van der Waals surface area contributed by atoms with Gasteiger partial charge in [0.25, 0.3) is 5.92 Å². The molecule has 3 N–H and O–H groups in total. The van der Waals surface area contributed by atoms with Gasteiger partial charge in [0.15, 0.2) is 11.1 Å². The number of hydrogen-bond acceptors (Lipinski definition) is 6. The van der Waals surface area contributed by atoms with E-state index < -0.39 is 36.2 Å². The van der Waals surface area contributed by atoms with Gasteiger partial charge in [-0.1, -0.05) is 25.7 Å². The number of amides is 1. The molecule has 0 unspecified atom stereocenters. The fraction of sp³-hybridized carbons (Fsp3) is 0.636. The molecule has 0 spiro atoms. The van der Waals surface area contributed by atoms with Gasteiger partial charge in [-0.3, -0.25) is 9.59 Å². The van der Waals surface area contributed by atoms with Crippen LogP contribution in [-0.2, 0) is 20.7 Å². The number of alkyl halides is 2. The zero-order valence-corrected chi connectivity index (χ0v) is 18.2. The lowest BCUT2D eigenvalue weighted by Crippen LogP contribution is -2.59. The third-order valence-electron chi connectivity index (χ3n) is 6.70. The molecule has 2 atom stereocenters. The van der Waals surface area contributed by atoms with Crippen LogP contribution in [-0.4, -0.2) is 46.1 Å². The molecule has 4 rings (SSSR count). The molecule has 2 aromatic rings. The van der Waals surface area contributed by atoms with Crippen LogP contribution >= 0.6 is 0 Å². The van der Waals surface area contributed by atoms with Crippen molar-refractivity contribution in [2.24, 2.45) is 17.1 Å². The molecule has 1 saturated carbocycles. The Bertz CT molecular complexity index is 993. The van der Waals surface area contributed by atoms with E-state index in [0.717, 1.165) is 38.5 Å². The molecular weight excluding hydrogens is 420 g/mol. The number of nitrogens with one attached hydrogen (secondary N) is 1. The summed E-state index contributed by atoms with van der Waals surface area (Å²) in [4.78, 5) is 29.6. The average Bonchev–Trinajstić information content (AvgIpc) is 2.99. The van der Waals surface area contributed by atoms with Crippen molar-refractivity contribution in [3.8, 4) is 0 Å². The minimum atomic E-state index is -3.22. The molecule has 0 bridgehead atoms. The van der Waals surface area contributed by atoms with E-state index in [1.165, 1.54) is 17.4 Å². The molecule has 2 aliphatic rings. The first-order valence-corrected chi connectivity index (χ1v) is 11.1. The number of nitrogens with zero attached hydrogens (tertiary/aromatic N) is 3. The Kier molecular flexibility index (Phi) is 6.15. The van der Waals surface area contributed by atoms with E-state index >= 15 is 0 Å². The van der Waals surface area contributed by atoms with Gasteiger partial charge in [-0.15, -0.1) is 0 Å². The maximum atomic E-state index is 14.2. The molecule has 0 radical (unpaired) electrons. The number of imidazole rings is 1. The zero-order valence-electron chi connectivity index (χ0n) is 18.2. The number of ether oxygens (including phenoxy) is 1. The van der Waals surface area contributed by atoms with Crippen LogP contribution in [0.5, 0.6) is 0 Å². The summed E-state index contributed by atoms with van der Waals surface area (Å²) in [6.07, 6.45) is 7.43. The van der Waals surface area contributed by atoms with Crippen molar-refractivity contribution >= 4 is 17.5 Å². The van der Waals surface area contributed by atoms with Crippen LogP contribution in [0.25, 0.3) is 5.65 Å². The molecule has 1 aliphatic heterocycles. The predicted octanol–water partition coefficient (Wildman–Crippen LogP) is 2.56. The Morgan fingerprint density at radius 2 is 2.03 bits per heavy atom. The highest BCUT2D eigenvalue weighted by Crippen LogP contribution is 2.40. The van der Waals surface area contributed by atoms with E-state index in [1.54, 1.807) is 18.3 Å². The summed E-state index contributed by atoms with van der Waals surface area (Å²) in [6, 6.07) is 3.08. The first-order valence-electron chi connectivity index (χ1n) is 11.1. The molecule has 2 fully saturated rings. The summed E-state index contributed by atoms with van der Waals surface area (Å²) in [5.74, 6) is -4.64. The normalized spacial score (nSPS) is 25.2. The highest BCUT2D eigenvalue weighted by molar-refractivity contribution is 6.03. The lowest BCUT2D eigenvalue weighted by molar-refractivity contribution is -0.172. The van der Waals surface area contributed by atoms with Gasteiger partial charge in [0.2, 0.25) is 5.91 Å². The van der Waals surface area contributed by atoms with Crippen molar-refractivity contribution in [3.63, 3.8) is 0 Å². The van der Waals surface area contributed by atoms with E-state index in [4.69, 9.17) is 10.5 Å². The molecule has 2 aromatic heterocycles. The van der Waals surface area contributed by atoms with Crippen LogP contribution in [0.15, 0.2) is 18.3 Å². The number of aromatic nitrogens is 3. The molecule has 174 valence electrons. The van der Waals surface area contributed by atoms with Gasteiger partial charge >= 0.3 is 5.97 Å². The molecule has 10 heteroatoms. The number of carbonyl (C=O) groups is 2. The topological polar surface area (TPSA) is 112 Å². The second-order valence-corrected chi connectivity index (χ2v) is 9.04. The Labute approximate surface area is 184 Å². The zero-order chi connectivity index (χ0) is 22.9. The molecule has 32 heavy (non-hydrogen) atoms. The Morgan fingerprint density at radius 3 is 2.72 bits per heavy atom. The molecule has 1 saturated heterocycles. The van der Waals surface area contributed by atoms with Gasteiger partial charge in [0, 0.05) is 12.8 Å². The number of halogens is 2. The Balaban J connectivity index is 1.61. The summed E-state index contributed by atoms with van der Waals surface area (Å²) in [5.41, 5.74) is 6.08. The highest BCUT2D eigenvalue weighted by Gasteiger charge is 2.57. The molecule has 1 amide bonds. The van der Waals surface area contributed by atoms with Crippen LogP contribution in [0.4, 0.5) is 8.78 Å². The van der Waals surface area contributed by atoms with E-state index in [0.29, 0.717) is 17.3 Å². The number of carbonyl (C=O) groups excluding carboxylic acids is 2. The number of nitrogens with two attached hydrogens (primary N) is 1. The van der Waals surface area contributed by atoms with Crippen molar-refractivity contribution in [1.82, 2.24) is 19.9 Å². The molecule has 8 nitrogen and oxygen atoms in total. The highest BCUT2D eigenvalue weighted by atomic mass is 19.3. The van der Waals surface area contributed by atoms with Crippen molar-refractivity contribution in [2.45, 2.75) is 63.3 Å². The van der Waals surface area contributed by atoms with Gasteiger partial charge < -0.3 is 15.8 Å². The number of methoxy groups -OCH3 is 1. The summed E-state index contributed by atoms with van der Waals surface area (Å²) < 4.78 is 34.6. The van der Waals surface area contributed by atoms with Gasteiger partial charge in [-0.05, 0) is 30.9 Å². The Morgan fingerprint density at radius 1 is 1.31 bits per heavy atom. The number of piperidine rings is 1. The third-order valence-corrected chi connectivity index (χ3v) is 6.70. The quantitative estimate of drug-likeness (QED) is 0.412. The van der Waals surface area contributed by atoms with E-state index in [-0.39, 0.29) is 12.5 Å². The van der Waals surface area contributed by atoms with E-state index in [2.05, 4.69) is 15.4 Å². The first kappa shape index (κ1) is 22.6. The SMILES string of the molecule is COC(=O)[C@@]1(Cc2ccc3nc([C@@H](N)C4CCCCCC4)cn3n2)CC(F)(F)CNC1=O. The monoisotopic (exact) mass is 449 g/mol. The number of rotatable bonds is 5. The molecular formula is C22H29F2N5O3. The summed E-state index contributed by atoms with van der Waals surface area (Å²) in [6.45, 7) is -0.805. The summed E-state index contributed by atoms with van der Waals surface area (Å²) >= 11 is 0. The van der Waals surface area contributed by atoms with Crippen LogP contribution in [0.3, 0.4) is 0 Å². The number of esters is 1. The lowest BCUT2D eigenvalue weighted by Gasteiger charge is -2.37. The lowest BCUT2D eigenvalue weighted by atomic mass is 9.74. The number of hydrogen-bond donors (Lipinski definition) is 2. The minimum Gasteiger partial charge on any atom is -0.468 e. The second kappa shape index (κ2) is 8.73. The van der Waals surface area contributed by atoms with Crippen molar-refractivity contribution in [2.75, 3.05) is 13.7 Å². The van der Waals surface area contributed by atoms with E-state index in [1.807, 2.05) is 0 Å². The van der Waals surface area contributed by atoms with Crippen molar-refractivity contribution < 1.29 is 23.1 Å². The standard InChI is InChI=1S/C22H29F2N5O3/c1-32-20(31)21(12-22(23,24)13-26-19(21)30)10-15-8-9-17-27-16(11-29(17)28-15)18(25)14-6-4-2-3-5-7-14/h8-9,11,14,18H,2-7,10,12-13,25H2,1H3,(H,26,30)/t18-,21-/m0/s1. The number of fused-ring (bicyclic) bond motifs is 1. The maximum Gasteiger partial charge on any atom is 0.322 e. The maximum absolute atomic E-state index is 14.2. The van der Waals surface area contributed by atoms with Gasteiger partial charge in [-0.2, -0.15) is 5.10 Å². The summed E-state index contributed by atoms with van der Waals surface area (Å²) in [7, 11) is 1.08. The third kappa shape index (κ3) is 4.32. The Hall–Kier alpha value is -2.62. The molecule has 3 heterocycles. The fourth-order valence-corrected chi connectivity index (χ4v) is 4.95. The van der Waals surface area contributed by atoms with E-state index in [9.17, 15) is 18.4 Å². The van der Waals surface area contributed by atoms with Crippen LogP contribution in [0.2, 0.25) is 0 Å². The smallest absolute Gasteiger partial charge is 0.322 e. The van der Waals surface area contributed by atoms with Crippen LogP contribution < -0.4 is 11.1 Å². The van der Waals surface area contributed by atoms with Gasteiger partial charge in [0.05, 0.1) is 37.3 Å². The van der Waals surface area contributed by atoms with Crippen LogP contribution in [0.1, 0.15) is 62.4 Å². The largest absolute Gasteiger partial charge is 0.468 e. The van der Waals surface area contributed by atoms with Crippen molar-refractivity contribution in [3.05, 3.63) is 29.7 Å². The molecule has 0 aromatic carbocycles. The average molecular weight is 450 g/mol. The predicted molar refractivity (Wildman–Crippen MR) is 112 cm³/mol.